The Labute approximate surface area is 164 Å². The number of anilines is 2. The summed E-state index contributed by atoms with van der Waals surface area (Å²) in [6, 6.07) is 13.6. The van der Waals surface area contributed by atoms with E-state index in [-0.39, 0.29) is 17.7 Å². The van der Waals surface area contributed by atoms with Gasteiger partial charge in [-0.2, -0.15) is 0 Å². The highest BCUT2D eigenvalue weighted by Crippen LogP contribution is 2.19. The molecule has 1 aliphatic heterocycles. The van der Waals surface area contributed by atoms with E-state index in [1.165, 1.54) is 6.92 Å². The number of nitrogens with zero attached hydrogens (tertiary/aromatic N) is 1. The molecule has 1 aliphatic rings. The first-order chi connectivity index (χ1) is 13.4. The summed E-state index contributed by atoms with van der Waals surface area (Å²) in [5.41, 5.74) is 2.38. The largest absolute Gasteiger partial charge is 0.338 e. The Kier molecular flexibility index (Phi) is 6.09. The Hall–Kier alpha value is -3.15. The zero-order valence-electron chi connectivity index (χ0n) is 16.2. The number of rotatable bonds is 4. The van der Waals surface area contributed by atoms with Crippen LogP contribution in [0.5, 0.6) is 0 Å². The third-order valence-electron chi connectivity index (χ3n) is 4.80. The van der Waals surface area contributed by atoms with Crippen LogP contribution in [0, 0.1) is 5.92 Å². The minimum absolute atomic E-state index is 0.0204. The van der Waals surface area contributed by atoms with Crippen LogP contribution in [0.25, 0.3) is 0 Å². The van der Waals surface area contributed by atoms with Crippen LogP contribution in [-0.2, 0) is 4.79 Å². The summed E-state index contributed by atoms with van der Waals surface area (Å²) in [7, 11) is 0. The van der Waals surface area contributed by atoms with Crippen LogP contribution in [0.15, 0.2) is 48.5 Å². The fourth-order valence-electron chi connectivity index (χ4n) is 3.36. The second kappa shape index (κ2) is 8.69. The average Bonchev–Trinajstić information content (AvgIpc) is 2.68. The Bertz CT molecular complexity index is 860. The van der Waals surface area contributed by atoms with Crippen molar-refractivity contribution < 1.29 is 14.4 Å². The molecule has 3 rings (SSSR count). The van der Waals surface area contributed by atoms with Crippen molar-refractivity contribution in [2.75, 3.05) is 23.7 Å². The zero-order valence-corrected chi connectivity index (χ0v) is 16.2. The van der Waals surface area contributed by atoms with E-state index in [4.69, 9.17) is 0 Å². The molecule has 1 unspecified atom stereocenters. The summed E-state index contributed by atoms with van der Waals surface area (Å²) >= 11 is 0. The molecular formula is C22H25N3O3. The van der Waals surface area contributed by atoms with Gasteiger partial charge in [-0.05, 0) is 67.3 Å². The van der Waals surface area contributed by atoms with Crippen LogP contribution in [0.4, 0.5) is 11.4 Å². The second-order valence-corrected chi connectivity index (χ2v) is 7.29. The zero-order chi connectivity index (χ0) is 20.1. The number of likely N-dealkylation sites (tertiary alicyclic amines) is 1. The van der Waals surface area contributed by atoms with Crippen LogP contribution in [0.1, 0.15) is 47.4 Å². The van der Waals surface area contributed by atoms with Crippen LogP contribution in [0.3, 0.4) is 0 Å². The van der Waals surface area contributed by atoms with E-state index in [0.717, 1.165) is 25.9 Å². The van der Waals surface area contributed by atoms with Gasteiger partial charge in [0, 0.05) is 42.5 Å². The third kappa shape index (κ3) is 4.97. The van der Waals surface area contributed by atoms with E-state index < -0.39 is 0 Å². The van der Waals surface area contributed by atoms with E-state index in [9.17, 15) is 14.4 Å². The first-order valence-corrected chi connectivity index (χ1v) is 9.51. The van der Waals surface area contributed by atoms with Gasteiger partial charge in [0.25, 0.3) is 11.8 Å². The Morgan fingerprint density at radius 2 is 1.46 bits per heavy atom. The summed E-state index contributed by atoms with van der Waals surface area (Å²) in [5, 5.41) is 5.49. The van der Waals surface area contributed by atoms with Crippen LogP contribution >= 0.6 is 0 Å². The van der Waals surface area contributed by atoms with Gasteiger partial charge in [0.2, 0.25) is 5.91 Å². The maximum Gasteiger partial charge on any atom is 0.255 e. The van der Waals surface area contributed by atoms with Crippen molar-refractivity contribution in [3.05, 3.63) is 59.7 Å². The Morgan fingerprint density at radius 1 is 0.893 bits per heavy atom. The fraction of sp³-hybridized carbons (Fsp3) is 0.318. The summed E-state index contributed by atoms with van der Waals surface area (Å²) in [5.74, 6) is 0.148. The number of hydrogen-bond acceptors (Lipinski definition) is 3. The first-order valence-electron chi connectivity index (χ1n) is 9.51. The van der Waals surface area contributed by atoms with Gasteiger partial charge in [0.05, 0.1) is 0 Å². The number of piperidine rings is 1. The van der Waals surface area contributed by atoms with Crippen molar-refractivity contribution in [2.45, 2.75) is 26.7 Å². The van der Waals surface area contributed by atoms with Gasteiger partial charge in [0.1, 0.15) is 0 Å². The number of hydrogen-bond donors (Lipinski definition) is 2. The molecule has 1 saturated heterocycles. The standard InChI is InChI=1S/C22H25N3O3/c1-15-4-3-13-25(14-15)22(28)18-7-5-17(6-8-18)21(27)24-20-11-9-19(10-12-20)23-16(2)26/h5-12,15H,3-4,13-14H2,1-2H3,(H,23,26)(H,24,27). The normalized spacial score (nSPS) is 16.4. The molecule has 1 atom stereocenters. The molecule has 6 nitrogen and oxygen atoms in total. The molecule has 2 aromatic rings. The molecule has 6 heteroatoms. The molecule has 146 valence electrons. The minimum atomic E-state index is -0.252. The van der Waals surface area contributed by atoms with Gasteiger partial charge in [-0.25, -0.2) is 0 Å². The van der Waals surface area contributed by atoms with Crippen molar-refractivity contribution in [1.29, 1.82) is 0 Å². The van der Waals surface area contributed by atoms with Crippen molar-refractivity contribution in [3.63, 3.8) is 0 Å². The molecule has 2 aromatic carbocycles. The summed E-state index contributed by atoms with van der Waals surface area (Å²) in [6.07, 6.45) is 2.20. The summed E-state index contributed by atoms with van der Waals surface area (Å²) in [4.78, 5) is 38.0. The number of nitrogens with one attached hydrogen (secondary N) is 2. The molecule has 0 saturated carbocycles. The van der Waals surface area contributed by atoms with E-state index in [1.54, 1.807) is 48.5 Å². The molecule has 1 heterocycles. The molecule has 0 bridgehead atoms. The molecule has 2 N–H and O–H groups in total. The molecule has 1 fully saturated rings. The molecule has 0 aromatic heterocycles. The predicted octanol–water partition coefficient (Wildman–Crippen LogP) is 3.77. The highest BCUT2D eigenvalue weighted by Gasteiger charge is 2.22. The number of carbonyl (C=O) groups is 3. The van der Waals surface area contributed by atoms with E-state index in [2.05, 4.69) is 17.6 Å². The van der Waals surface area contributed by atoms with Gasteiger partial charge in [-0.15, -0.1) is 0 Å². The van der Waals surface area contributed by atoms with Crippen LogP contribution in [0.2, 0.25) is 0 Å². The predicted molar refractivity (Wildman–Crippen MR) is 109 cm³/mol. The van der Waals surface area contributed by atoms with Crippen LogP contribution < -0.4 is 10.6 Å². The van der Waals surface area contributed by atoms with Crippen molar-refractivity contribution >= 4 is 29.1 Å². The van der Waals surface area contributed by atoms with Gasteiger partial charge in [0.15, 0.2) is 0 Å². The maximum absolute atomic E-state index is 12.6. The topological polar surface area (TPSA) is 78.5 Å². The average molecular weight is 379 g/mol. The molecular weight excluding hydrogens is 354 g/mol. The van der Waals surface area contributed by atoms with Crippen molar-refractivity contribution in [3.8, 4) is 0 Å². The number of amides is 3. The number of benzene rings is 2. The molecule has 0 aliphatic carbocycles. The molecule has 28 heavy (non-hydrogen) atoms. The maximum atomic E-state index is 12.6. The Morgan fingerprint density at radius 3 is 2.04 bits per heavy atom. The summed E-state index contributed by atoms with van der Waals surface area (Å²) < 4.78 is 0. The second-order valence-electron chi connectivity index (χ2n) is 7.29. The first kappa shape index (κ1) is 19.6. The van der Waals surface area contributed by atoms with Crippen molar-refractivity contribution in [2.24, 2.45) is 5.92 Å². The lowest BCUT2D eigenvalue weighted by Gasteiger charge is -2.31. The number of carbonyl (C=O) groups excluding carboxylic acids is 3. The van der Waals surface area contributed by atoms with Crippen LogP contribution in [-0.4, -0.2) is 35.7 Å². The van der Waals surface area contributed by atoms with Crippen molar-refractivity contribution in [1.82, 2.24) is 4.90 Å². The summed E-state index contributed by atoms with van der Waals surface area (Å²) in [6.45, 7) is 5.18. The third-order valence-corrected chi connectivity index (χ3v) is 4.80. The lowest BCUT2D eigenvalue weighted by Crippen LogP contribution is -2.39. The SMILES string of the molecule is CC(=O)Nc1ccc(NC(=O)c2ccc(C(=O)N3CCCC(C)C3)cc2)cc1. The minimum Gasteiger partial charge on any atom is -0.338 e. The smallest absolute Gasteiger partial charge is 0.255 e. The monoisotopic (exact) mass is 379 g/mol. The highest BCUT2D eigenvalue weighted by molar-refractivity contribution is 6.05. The van der Waals surface area contributed by atoms with Gasteiger partial charge in [-0.1, -0.05) is 6.92 Å². The van der Waals surface area contributed by atoms with Gasteiger partial charge in [-0.3, -0.25) is 14.4 Å². The fourth-order valence-corrected chi connectivity index (χ4v) is 3.36. The lowest BCUT2D eigenvalue weighted by atomic mass is 9.99. The van der Waals surface area contributed by atoms with E-state index >= 15 is 0 Å². The quantitative estimate of drug-likeness (QED) is 0.849. The Balaban J connectivity index is 1.61. The molecule has 0 spiro atoms. The lowest BCUT2D eigenvalue weighted by molar-refractivity contribution is -0.114. The highest BCUT2D eigenvalue weighted by atomic mass is 16.2. The van der Waals surface area contributed by atoms with Gasteiger partial charge < -0.3 is 15.5 Å². The van der Waals surface area contributed by atoms with E-state index in [0.29, 0.717) is 28.4 Å². The van der Waals surface area contributed by atoms with Gasteiger partial charge >= 0.3 is 0 Å². The molecule has 0 radical (unpaired) electrons. The molecule has 3 amide bonds. The van der Waals surface area contributed by atoms with E-state index in [1.807, 2.05) is 4.90 Å².